The molecule has 0 aliphatic carbocycles. The summed E-state index contributed by atoms with van der Waals surface area (Å²) in [5.74, 6) is 0.992. The lowest BCUT2D eigenvalue weighted by atomic mass is 10.1. The molecule has 0 amide bonds. The molecule has 2 aromatic heterocycles. The van der Waals surface area contributed by atoms with Crippen molar-refractivity contribution in [1.82, 2.24) is 9.97 Å². The van der Waals surface area contributed by atoms with Crippen LogP contribution in [0.1, 0.15) is 25.7 Å². The van der Waals surface area contributed by atoms with Crippen molar-refractivity contribution in [2.75, 3.05) is 18.0 Å². The Morgan fingerprint density at radius 1 is 1.00 bits per heavy atom. The smallest absolute Gasteiger partial charge is 0.225 e. The summed E-state index contributed by atoms with van der Waals surface area (Å²) >= 11 is 11.4. The monoisotopic (exact) mass is 421 g/mol. The summed E-state index contributed by atoms with van der Waals surface area (Å²) < 4.78 is 1.08. The van der Waals surface area contributed by atoms with Crippen molar-refractivity contribution in [3.8, 4) is 11.1 Å². The molecular weight excluding hydrogens is 406 g/mol. The Balaban J connectivity index is 1.88. The highest BCUT2D eigenvalue weighted by molar-refractivity contribution is 9.10. The van der Waals surface area contributed by atoms with Gasteiger partial charge in [-0.25, -0.2) is 4.98 Å². The van der Waals surface area contributed by atoms with Gasteiger partial charge < -0.3 is 4.90 Å². The lowest BCUT2D eigenvalue weighted by Crippen LogP contribution is -2.25. The Bertz CT molecular complexity index is 855. The van der Waals surface area contributed by atoms with E-state index in [0.29, 0.717) is 5.28 Å². The number of hydrogen-bond acceptors (Lipinski definition) is 4. The zero-order chi connectivity index (χ0) is 16.5. The zero-order valence-electron chi connectivity index (χ0n) is 13.1. The molecule has 0 radical (unpaired) electrons. The van der Waals surface area contributed by atoms with E-state index in [1.54, 1.807) is 11.3 Å². The number of halogens is 2. The minimum atomic E-state index is 0.339. The van der Waals surface area contributed by atoms with Crippen LogP contribution in [0, 0.1) is 0 Å². The first kappa shape index (κ1) is 16.3. The van der Waals surface area contributed by atoms with Gasteiger partial charge >= 0.3 is 0 Å². The first-order chi connectivity index (χ1) is 11.7. The van der Waals surface area contributed by atoms with Gasteiger partial charge in [0.05, 0.1) is 5.39 Å². The molecule has 1 aliphatic heterocycles. The summed E-state index contributed by atoms with van der Waals surface area (Å²) in [5, 5.41) is 3.64. The number of fused-ring (bicyclic) bond motifs is 1. The van der Waals surface area contributed by atoms with Gasteiger partial charge in [0, 0.05) is 28.5 Å². The predicted molar refractivity (Wildman–Crippen MR) is 106 cm³/mol. The molecule has 124 valence electrons. The average molecular weight is 423 g/mol. The Morgan fingerprint density at radius 3 is 2.42 bits per heavy atom. The van der Waals surface area contributed by atoms with Crippen LogP contribution >= 0.6 is 38.9 Å². The lowest BCUT2D eigenvalue weighted by molar-refractivity contribution is 0.726. The van der Waals surface area contributed by atoms with Crippen LogP contribution in [-0.2, 0) is 0 Å². The van der Waals surface area contributed by atoms with Crippen molar-refractivity contribution >= 4 is 54.9 Å². The van der Waals surface area contributed by atoms with Crippen LogP contribution in [0.15, 0.2) is 34.1 Å². The fourth-order valence-electron chi connectivity index (χ4n) is 3.25. The summed E-state index contributed by atoms with van der Waals surface area (Å²) in [6.07, 6.45) is 5.01. The molecule has 0 atom stereocenters. The Kier molecular flexibility index (Phi) is 4.74. The second-order valence-corrected chi connectivity index (χ2v) is 8.17. The van der Waals surface area contributed by atoms with Gasteiger partial charge in [0.25, 0.3) is 0 Å². The number of benzene rings is 1. The minimum Gasteiger partial charge on any atom is -0.356 e. The Morgan fingerprint density at radius 2 is 1.71 bits per heavy atom. The Hall–Kier alpha value is -1.17. The molecule has 6 heteroatoms. The minimum absolute atomic E-state index is 0.339. The molecule has 0 N–H and O–H groups in total. The molecule has 3 heterocycles. The van der Waals surface area contributed by atoms with Gasteiger partial charge in [-0.15, -0.1) is 11.3 Å². The van der Waals surface area contributed by atoms with Crippen molar-refractivity contribution < 1.29 is 0 Å². The van der Waals surface area contributed by atoms with Crippen LogP contribution in [0.4, 0.5) is 5.82 Å². The maximum absolute atomic E-state index is 6.21. The molecular formula is C18H17BrClN3S. The van der Waals surface area contributed by atoms with E-state index < -0.39 is 0 Å². The van der Waals surface area contributed by atoms with Crippen molar-refractivity contribution in [2.24, 2.45) is 0 Å². The first-order valence-corrected chi connectivity index (χ1v) is 10.2. The molecule has 1 fully saturated rings. The van der Waals surface area contributed by atoms with Crippen LogP contribution in [-0.4, -0.2) is 23.1 Å². The third-order valence-corrected chi connectivity index (χ3v) is 6.02. The third kappa shape index (κ3) is 3.17. The Labute approximate surface area is 158 Å². The van der Waals surface area contributed by atoms with Crippen molar-refractivity contribution in [3.05, 3.63) is 39.4 Å². The topological polar surface area (TPSA) is 29.0 Å². The van der Waals surface area contributed by atoms with E-state index in [1.165, 1.54) is 36.8 Å². The van der Waals surface area contributed by atoms with Gasteiger partial charge in [0.15, 0.2) is 0 Å². The number of anilines is 1. The van der Waals surface area contributed by atoms with Crippen LogP contribution in [0.5, 0.6) is 0 Å². The highest BCUT2D eigenvalue weighted by atomic mass is 79.9. The highest BCUT2D eigenvalue weighted by Gasteiger charge is 2.20. The number of thiophene rings is 1. The molecule has 3 aromatic rings. The predicted octanol–water partition coefficient (Wildman–Crippen LogP) is 6.15. The van der Waals surface area contributed by atoms with Crippen molar-refractivity contribution in [1.29, 1.82) is 0 Å². The molecule has 1 aliphatic rings. The van der Waals surface area contributed by atoms with Crippen LogP contribution in [0.25, 0.3) is 21.3 Å². The SMILES string of the molecule is Clc1nc(N2CCCCCC2)c2c(-c3ccc(Br)cc3)csc2n1. The molecule has 1 aromatic carbocycles. The largest absolute Gasteiger partial charge is 0.356 e. The van der Waals surface area contributed by atoms with E-state index in [-0.39, 0.29) is 0 Å². The standard InChI is InChI=1S/C18H17BrClN3S/c19-13-7-5-12(6-8-13)14-11-24-17-15(14)16(21-18(20)22-17)23-9-3-1-2-4-10-23/h5-8,11H,1-4,9-10H2. The average Bonchev–Trinajstić information content (AvgIpc) is 2.81. The van der Waals surface area contributed by atoms with Gasteiger partial charge in [-0.2, -0.15) is 4.98 Å². The van der Waals surface area contributed by atoms with Gasteiger partial charge in [-0.1, -0.05) is 40.9 Å². The molecule has 3 nitrogen and oxygen atoms in total. The summed E-state index contributed by atoms with van der Waals surface area (Å²) in [6.45, 7) is 2.08. The van der Waals surface area contributed by atoms with E-state index in [1.807, 2.05) is 0 Å². The molecule has 24 heavy (non-hydrogen) atoms. The number of hydrogen-bond donors (Lipinski definition) is 0. The second kappa shape index (κ2) is 6.98. The maximum Gasteiger partial charge on any atom is 0.225 e. The van der Waals surface area contributed by atoms with Gasteiger partial charge in [-0.05, 0) is 42.1 Å². The summed E-state index contributed by atoms with van der Waals surface area (Å²) in [7, 11) is 0. The molecule has 0 bridgehead atoms. The maximum atomic E-state index is 6.21. The van der Waals surface area contributed by atoms with Crippen LogP contribution in [0.3, 0.4) is 0 Å². The zero-order valence-corrected chi connectivity index (χ0v) is 16.3. The summed E-state index contributed by atoms with van der Waals surface area (Å²) in [5.41, 5.74) is 2.38. The molecule has 1 saturated heterocycles. The highest BCUT2D eigenvalue weighted by Crippen LogP contribution is 2.39. The van der Waals surface area contributed by atoms with Crippen LogP contribution in [0.2, 0.25) is 5.28 Å². The molecule has 4 rings (SSSR count). The number of nitrogens with zero attached hydrogens (tertiary/aromatic N) is 3. The van der Waals surface area contributed by atoms with Gasteiger partial charge in [0.1, 0.15) is 10.6 Å². The third-order valence-electron chi connectivity index (χ3n) is 4.45. The van der Waals surface area contributed by atoms with E-state index in [9.17, 15) is 0 Å². The van der Waals surface area contributed by atoms with Crippen LogP contribution < -0.4 is 4.90 Å². The van der Waals surface area contributed by atoms with E-state index in [2.05, 4.69) is 60.4 Å². The van der Waals surface area contributed by atoms with Gasteiger partial charge in [0.2, 0.25) is 5.28 Å². The van der Waals surface area contributed by atoms with E-state index >= 15 is 0 Å². The van der Waals surface area contributed by atoms with E-state index in [0.717, 1.165) is 33.6 Å². The summed E-state index contributed by atoms with van der Waals surface area (Å²) in [6, 6.07) is 8.40. The molecule has 0 saturated carbocycles. The number of aromatic nitrogens is 2. The fourth-order valence-corrected chi connectivity index (χ4v) is 4.67. The normalized spacial score (nSPS) is 15.7. The fraction of sp³-hybridized carbons (Fsp3) is 0.333. The summed E-state index contributed by atoms with van der Waals surface area (Å²) in [4.78, 5) is 12.4. The first-order valence-electron chi connectivity index (χ1n) is 8.18. The second-order valence-electron chi connectivity index (χ2n) is 6.05. The lowest BCUT2D eigenvalue weighted by Gasteiger charge is -2.22. The van der Waals surface area contributed by atoms with Crippen molar-refractivity contribution in [3.63, 3.8) is 0 Å². The van der Waals surface area contributed by atoms with E-state index in [4.69, 9.17) is 11.6 Å². The van der Waals surface area contributed by atoms with Crippen molar-refractivity contribution in [2.45, 2.75) is 25.7 Å². The number of rotatable bonds is 2. The van der Waals surface area contributed by atoms with Gasteiger partial charge in [-0.3, -0.25) is 0 Å². The molecule has 0 spiro atoms. The molecule has 0 unspecified atom stereocenters. The quantitative estimate of drug-likeness (QED) is 0.463.